The number of methoxy groups -OCH3 is 1. The molecule has 6 nitrogen and oxygen atoms in total. The minimum atomic E-state index is -0.167. The number of rotatable bonds is 9. The van der Waals surface area contributed by atoms with Gasteiger partial charge in [0.2, 0.25) is 11.8 Å². The molecule has 2 amide bonds. The van der Waals surface area contributed by atoms with Crippen LogP contribution < -0.4 is 15.4 Å². The summed E-state index contributed by atoms with van der Waals surface area (Å²) in [6, 6.07) is 15.7. The molecule has 29 heavy (non-hydrogen) atoms. The third kappa shape index (κ3) is 6.06. The molecule has 0 radical (unpaired) electrons. The van der Waals surface area contributed by atoms with E-state index in [2.05, 4.69) is 34.6 Å². The van der Waals surface area contributed by atoms with Crippen molar-refractivity contribution in [1.82, 2.24) is 4.90 Å². The van der Waals surface area contributed by atoms with Crippen LogP contribution in [0.15, 0.2) is 48.5 Å². The normalized spacial score (nSPS) is 14.3. The van der Waals surface area contributed by atoms with Gasteiger partial charge in [0.25, 0.3) is 0 Å². The van der Waals surface area contributed by atoms with Gasteiger partial charge in [-0.15, -0.1) is 0 Å². The molecule has 154 valence electrons. The van der Waals surface area contributed by atoms with Crippen LogP contribution in [0.4, 0.5) is 11.4 Å². The molecular weight excluding hydrogens is 366 g/mol. The van der Waals surface area contributed by atoms with Gasteiger partial charge in [0, 0.05) is 25.2 Å². The first-order chi connectivity index (χ1) is 14.0. The van der Waals surface area contributed by atoms with Gasteiger partial charge in [0.1, 0.15) is 5.75 Å². The van der Waals surface area contributed by atoms with E-state index >= 15 is 0 Å². The number of carbonyl (C=O) groups is 2. The minimum absolute atomic E-state index is 0.105. The van der Waals surface area contributed by atoms with Crippen molar-refractivity contribution in [3.05, 3.63) is 54.1 Å². The number of amides is 2. The van der Waals surface area contributed by atoms with Crippen LogP contribution in [0.5, 0.6) is 5.75 Å². The molecule has 0 heterocycles. The van der Waals surface area contributed by atoms with Crippen molar-refractivity contribution < 1.29 is 14.3 Å². The van der Waals surface area contributed by atoms with Crippen LogP contribution >= 0.6 is 0 Å². The molecule has 1 saturated carbocycles. The van der Waals surface area contributed by atoms with Gasteiger partial charge in [-0.25, -0.2) is 0 Å². The van der Waals surface area contributed by atoms with Gasteiger partial charge in [-0.3, -0.25) is 14.5 Å². The van der Waals surface area contributed by atoms with Crippen molar-refractivity contribution >= 4 is 23.2 Å². The Hall–Kier alpha value is -2.86. The molecule has 3 rings (SSSR count). The molecule has 2 aromatic carbocycles. The van der Waals surface area contributed by atoms with Gasteiger partial charge in [-0.1, -0.05) is 30.3 Å². The summed E-state index contributed by atoms with van der Waals surface area (Å²) in [6.07, 6.45) is 2.45. The summed E-state index contributed by atoms with van der Waals surface area (Å²) >= 11 is 0. The van der Waals surface area contributed by atoms with Gasteiger partial charge in [0.05, 0.1) is 19.3 Å². The van der Waals surface area contributed by atoms with Crippen molar-refractivity contribution in [1.29, 1.82) is 0 Å². The lowest BCUT2D eigenvalue weighted by atomic mass is 10.1. The maximum absolute atomic E-state index is 12.9. The van der Waals surface area contributed by atoms with Crippen molar-refractivity contribution in [3.63, 3.8) is 0 Å². The minimum Gasteiger partial charge on any atom is -0.495 e. The second kappa shape index (κ2) is 9.56. The number of benzene rings is 2. The Bertz CT molecular complexity index is 850. The second-order valence-corrected chi connectivity index (χ2v) is 7.61. The molecule has 1 unspecified atom stereocenters. The van der Waals surface area contributed by atoms with Crippen molar-refractivity contribution in [3.8, 4) is 5.75 Å². The van der Waals surface area contributed by atoms with Crippen LogP contribution in [0.25, 0.3) is 0 Å². The first-order valence-electron chi connectivity index (χ1n) is 9.99. The summed E-state index contributed by atoms with van der Waals surface area (Å²) < 4.78 is 5.36. The van der Waals surface area contributed by atoms with Crippen LogP contribution in [0, 0.1) is 5.92 Å². The second-order valence-electron chi connectivity index (χ2n) is 7.61. The zero-order valence-electron chi connectivity index (χ0n) is 17.3. The molecule has 0 aromatic heterocycles. The smallest absolute Gasteiger partial charge is 0.238 e. The largest absolute Gasteiger partial charge is 0.495 e. The highest BCUT2D eigenvalue weighted by Crippen LogP contribution is 2.35. The lowest BCUT2D eigenvalue weighted by Crippen LogP contribution is -2.40. The number of carbonyl (C=O) groups excluding carboxylic acids is 2. The lowest BCUT2D eigenvalue weighted by Gasteiger charge is -2.29. The zero-order chi connectivity index (χ0) is 20.8. The van der Waals surface area contributed by atoms with Gasteiger partial charge in [-0.05, 0) is 49.4 Å². The number of hydrogen-bond donors (Lipinski definition) is 2. The highest BCUT2D eigenvalue weighted by atomic mass is 16.5. The Morgan fingerprint density at radius 2 is 1.86 bits per heavy atom. The van der Waals surface area contributed by atoms with Crippen LogP contribution in [0.3, 0.4) is 0 Å². The maximum Gasteiger partial charge on any atom is 0.238 e. The van der Waals surface area contributed by atoms with E-state index in [-0.39, 0.29) is 11.8 Å². The topological polar surface area (TPSA) is 70.7 Å². The van der Waals surface area contributed by atoms with E-state index in [0.29, 0.717) is 35.6 Å². The third-order valence-electron chi connectivity index (χ3n) is 5.25. The average Bonchev–Trinajstić information content (AvgIpc) is 3.53. The summed E-state index contributed by atoms with van der Waals surface area (Å²) in [5.74, 6) is 0.938. The number of nitrogens with one attached hydrogen (secondary N) is 2. The predicted octanol–water partition coefficient (Wildman–Crippen LogP) is 3.89. The summed E-state index contributed by atoms with van der Waals surface area (Å²) in [5, 5.41) is 5.68. The third-order valence-corrected chi connectivity index (χ3v) is 5.25. The Balaban J connectivity index is 1.71. The van der Waals surface area contributed by atoms with Crippen molar-refractivity contribution in [2.45, 2.75) is 39.3 Å². The highest BCUT2D eigenvalue weighted by molar-refractivity contribution is 5.95. The SMILES string of the molecule is COc1ccc(NC(C)=O)cc1NC(=O)CN(Cc1ccccc1)C(C)C1CC1. The molecule has 0 aliphatic heterocycles. The average molecular weight is 396 g/mol. The van der Waals surface area contributed by atoms with E-state index in [1.165, 1.54) is 25.3 Å². The Morgan fingerprint density at radius 1 is 1.14 bits per heavy atom. The molecule has 1 fully saturated rings. The van der Waals surface area contributed by atoms with Gasteiger partial charge in [-0.2, -0.15) is 0 Å². The van der Waals surface area contributed by atoms with Crippen LogP contribution in [0.1, 0.15) is 32.3 Å². The quantitative estimate of drug-likeness (QED) is 0.676. The van der Waals surface area contributed by atoms with Crippen molar-refractivity contribution in [2.24, 2.45) is 5.92 Å². The van der Waals surface area contributed by atoms with Gasteiger partial charge >= 0.3 is 0 Å². The lowest BCUT2D eigenvalue weighted by molar-refractivity contribution is -0.118. The summed E-state index contributed by atoms with van der Waals surface area (Å²) in [5.41, 5.74) is 2.35. The monoisotopic (exact) mass is 395 g/mol. The van der Waals surface area contributed by atoms with Crippen LogP contribution in [0.2, 0.25) is 0 Å². The fraction of sp³-hybridized carbons (Fsp3) is 0.391. The number of hydrogen-bond acceptors (Lipinski definition) is 4. The first kappa shape index (κ1) is 20.9. The van der Waals surface area contributed by atoms with E-state index in [1.807, 2.05) is 18.2 Å². The Morgan fingerprint density at radius 3 is 2.48 bits per heavy atom. The molecule has 0 saturated heterocycles. The van der Waals surface area contributed by atoms with Crippen LogP contribution in [-0.2, 0) is 16.1 Å². The van der Waals surface area contributed by atoms with E-state index in [9.17, 15) is 9.59 Å². The number of nitrogens with zero attached hydrogens (tertiary/aromatic N) is 1. The van der Waals surface area contributed by atoms with Crippen LogP contribution in [-0.4, -0.2) is 36.4 Å². The summed E-state index contributed by atoms with van der Waals surface area (Å²) in [4.78, 5) is 26.4. The zero-order valence-corrected chi connectivity index (χ0v) is 17.3. The van der Waals surface area contributed by atoms with Gasteiger partial charge in [0.15, 0.2) is 0 Å². The van der Waals surface area contributed by atoms with E-state index in [4.69, 9.17) is 4.74 Å². The molecule has 0 bridgehead atoms. The molecule has 1 aliphatic carbocycles. The van der Waals surface area contributed by atoms with Crippen molar-refractivity contribution in [2.75, 3.05) is 24.3 Å². The fourth-order valence-corrected chi connectivity index (χ4v) is 3.50. The molecule has 2 aromatic rings. The maximum atomic E-state index is 12.9. The predicted molar refractivity (Wildman–Crippen MR) is 115 cm³/mol. The van der Waals surface area contributed by atoms with E-state index in [0.717, 1.165) is 6.54 Å². The molecule has 1 aliphatic rings. The van der Waals surface area contributed by atoms with Gasteiger partial charge < -0.3 is 15.4 Å². The summed E-state index contributed by atoms with van der Waals surface area (Å²) in [7, 11) is 1.56. The Labute approximate surface area is 172 Å². The molecule has 1 atom stereocenters. The standard InChI is InChI=1S/C23H29N3O3/c1-16(19-9-10-19)26(14-18-7-5-4-6-8-18)15-23(28)25-21-13-20(24-17(2)27)11-12-22(21)29-3/h4-8,11-13,16,19H,9-10,14-15H2,1-3H3,(H,24,27)(H,25,28). The molecule has 2 N–H and O–H groups in total. The molecule has 0 spiro atoms. The number of ether oxygens (including phenoxy) is 1. The van der Waals surface area contributed by atoms with E-state index in [1.54, 1.807) is 25.3 Å². The molecule has 6 heteroatoms. The highest BCUT2D eigenvalue weighted by Gasteiger charge is 2.32. The number of anilines is 2. The van der Waals surface area contributed by atoms with E-state index < -0.39 is 0 Å². The fourth-order valence-electron chi connectivity index (χ4n) is 3.50. The summed E-state index contributed by atoms with van der Waals surface area (Å²) in [6.45, 7) is 4.67. The molecular formula is C23H29N3O3. The Kier molecular flexibility index (Phi) is 6.88. The first-order valence-corrected chi connectivity index (χ1v) is 9.99.